The summed E-state index contributed by atoms with van der Waals surface area (Å²) >= 11 is 0. The Bertz CT molecular complexity index is 514. The van der Waals surface area contributed by atoms with Crippen molar-refractivity contribution >= 4 is 17.5 Å². The van der Waals surface area contributed by atoms with Crippen molar-refractivity contribution in [3.8, 4) is 0 Å². The minimum absolute atomic E-state index is 0.0166. The second-order valence-electron chi connectivity index (χ2n) is 6.48. The van der Waals surface area contributed by atoms with Gasteiger partial charge in [0.15, 0.2) is 0 Å². The van der Waals surface area contributed by atoms with Crippen molar-refractivity contribution in [3.05, 3.63) is 29.8 Å². The number of hydrogen-bond donors (Lipinski definition) is 1. The Balaban J connectivity index is 2.07. The monoisotopic (exact) mass is 274 g/mol. The topological polar surface area (TPSA) is 49.4 Å². The molecule has 1 heterocycles. The van der Waals surface area contributed by atoms with Gasteiger partial charge in [0, 0.05) is 24.2 Å². The molecule has 4 heteroatoms. The first-order chi connectivity index (χ1) is 9.26. The van der Waals surface area contributed by atoms with Gasteiger partial charge in [-0.3, -0.25) is 9.59 Å². The summed E-state index contributed by atoms with van der Waals surface area (Å²) < 4.78 is 0. The number of amides is 2. The SMILES string of the molecule is Cc1ccc(N2C[C@@H](C(=O)NC(C)(C)C)CC2=O)cc1. The van der Waals surface area contributed by atoms with Crippen LogP contribution in [0.15, 0.2) is 24.3 Å². The fourth-order valence-electron chi connectivity index (χ4n) is 2.33. The summed E-state index contributed by atoms with van der Waals surface area (Å²) in [4.78, 5) is 25.9. The maximum Gasteiger partial charge on any atom is 0.227 e. The zero-order chi connectivity index (χ0) is 14.9. The lowest BCUT2D eigenvalue weighted by Crippen LogP contribution is -2.44. The van der Waals surface area contributed by atoms with E-state index in [2.05, 4.69) is 5.32 Å². The molecule has 0 spiro atoms. The number of nitrogens with one attached hydrogen (secondary N) is 1. The fourth-order valence-corrected chi connectivity index (χ4v) is 2.33. The molecule has 0 unspecified atom stereocenters. The number of nitrogens with zero attached hydrogens (tertiary/aromatic N) is 1. The number of rotatable bonds is 2. The number of hydrogen-bond acceptors (Lipinski definition) is 2. The van der Waals surface area contributed by atoms with E-state index in [1.807, 2.05) is 52.0 Å². The van der Waals surface area contributed by atoms with Crippen LogP contribution in [0.2, 0.25) is 0 Å². The molecule has 0 bridgehead atoms. The first kappa shape index (κ1) is 14.6. The van der Waals surface area contributed by atoms with Gasteiger partial charge in [0.1, 0.15) is 0 Å². The average Bonchev–Trinajstić information content (AvgIpc) is 2.70. The zero-order valence-electron chi connectivity index (χ0n) is 12.6. The molecule has 1 fully saturated rings. The molecule has 1 saturated heterocycles. The maximum atomic E-state index is 12.1. The standard InChI is InChI=1S/C16H22N2O2/c1-11-5-7-13(8-6-11)18-10-12(9-14(18)19)15(20)17-16(2,3)4/h5-8,12H,9-10H2,1-4H3,(H,17,20)/t12-/m0/s1. The predicted molar refractivity (Wildman–Crippen MR) is 79.5 cm³/mol. The summed E-state index contributed by atoms with van der Waals surface area (Å²) in [5.41, 5.74) is 1.76. The van der Waals surface area contributed by atoms with E-state index in [1.165, 1.54) is 0 Å². The van der Waals surface area contributed by atoms with Gasteiger partial charge >= 0.3 is 0 Å². The Labute approximate surface area is 120 Å². The molecule has 2 rings (SSSR count). The summed E-state index contributed by atoms with van der Waals surface area (Å²) in [6.45, 7) is 8.30. The van der Waals surface area contributed by atoms with Crippen molar-refractivity contribution in [2.45, 2.75) is 39.7 Å². The van der Waals surface area contributed by atoms with E-state index in [1.54, 1.807) is 4.90 Å². The van der Waals surface area contributed by atoms with Gasteiger partial charge in [-0.05, 0) is 39.8 Å². The van der Waals surface area contributed by atoms with E-state index in [4.69, 9.17) is 0 Å². The fraction of sp³-hybridized carbons (Fsp3) is 0.500. The first-order valence-electron chi connectivity index (χ1n) is 6.95. The van der Waals surface area contributed by atoms with Crippen molar-refractivity contribution in [2.24, 2.45) is 5.92 Å². The van der Waals surface area contributed by atoms with Gasteiger partial charge in [-0.25, -0.2) is 0 Å². The maximum absolute atomic E-state index is 12.1. The second kappa shape index (κ2) is 5.27. The third-order valence-corrected chi connectivity index (χ3v) is 3.34. The quantitative estimate of drug-likeness (QED) is 0.899. The van der Waals surface area contributed by atoms with Crippen LogP contribution in [-0.2, 0) is 9.59 Å². The zero-order valence-corrected chi connectivity index (χ0v) is 12.6. The third kappa shape index (κ3) is 3.38. The van der Waals surface area contributed by atoms with Crippen molar-refractivity contribution in [2.75, 3.05) is 11.4 Å². The number of carbonyl (C=O) groups is 2. The van der Waals surface area contributed by atoms with Crippen LogP contribution in [0.5, 0.6) is 0 Å². The summed E-state index contributed by atoms with van der Waals surface area (Å²) in [5, 5.41) is 2.94. The summed E-state index contributed by atoms with van der Waals surface area (Å²) in [5.74, 6) is -0.286. The number of anilines is 1. The molecule has 1 aromatic rings. The third-order valence-electron chi connectivity index (χ3n) is 3.34. The molecule has 0 aliphatic carbocycles. The van der Waals surface area contributed by atoms with Crippen LogP contribution in [0, 0.1) is 12.8 Å². The van der Waals surface area contributed by atoms with Crippen molar-refractivity contribution in [1.29, 1.82) is 0 Å². The Morgan fingerprint density at radius 2 is 1.85 bits per heavy atom. The number of benzene rings is 1. The number of carbonyl (C=O) groups excluding carboxylic acids is 2. The van der Waals surface area contributed by atoms with Crippen LogP contribution >= 0.6 is 0 Å². The van der Waals surface area contributed by atoms with Gasteiger partial charge in [-0.1, -0.05) is 17.7 Å². The highest BCUT2D eigenvalue weighted by Crippen LogP contribution is 2.25. The lowest BCUT2D eigenvalue weighted by atomic mass is 10.0. The van der Waals surface area contributed by atoms with Gasteiger partial charge in [0.25, 0.3) is 0 Å². The highest BCUT2D eigenvalue weighted by atomic mass is 16.2. The van der Waals surface area contributed by atoms with Crippen LogP contribution in [-0.4, -0.2) is 23.9 Å². The molecule has 0 aromatic heterocycles. The Hall–Kier alpha value is -1.84. The molecule has 1 N–H and O–H groups in total. The summed E-state index contributed by atoms with van der Waals surface area (Å²) in [6.07, 6.45) is 0.287. The van der Waals surface area contributed by atoms with Gasteiger partial charge < -0.3 is 10.2 Å². The Morgan fingerprint density at radius 1 is 1.25 bits per heavy atom. The molecule has 1 aromatic carbocycles. The van der Waals surface area contributed by atoms with E-state index in [9.17, 15) is 9.59 Å². The van der Waals surface area contributed by atoms with Gasteiger partial charge in [-0.2, -0.15) is 0 Å². The lowest BCUT2D eigenvalue weighted by Gasteiger charge is -2.23. The molecule has 1 aliphatic rings. The molecule has 0 saturated carbocycles. The van der Waals surface area contributed by atoms with Crippen LogP contribution in [0.4, 0.5) is 5.69 Å². The van der Waals surface area contributed by atoms with Gasteiger partial charge in [0.2, 0.25) is 11.8 Å². The van der Waals surface area contributed by atoms with Crippen LogP contribution in [0.3, 0.4) is 0 Å². The Kier molecular flexibility index (Phi) is 3.84. The summed E-state index contributed by atoms with van der Waals surface area (Å²) in [7, 11) is 0. The van der Waals surface area contributed by atoms with E-state index >= 15 is 0 Å². The molecular formula is C16H22N2O2. The van der Waals surface area contributed by atoms with Crippen LogP contribution < -0.4 is 10.2 Å². The van der Waals surface area contributed by atoms with Gasteiger partial charge in [-0.15, -0.1) is 0 Å². The van der Waals surface area contributed by atoms with Crippen LogP contribution in [0.25, 0.3) is 0 Å². The smallest absolute Gasteiger partial charge is 0.227 e. The molecule has 108 valence electrons. The number of aryl methyl sites for hydroxylation is 1. The van der Waals surface area contributed by atoms with E-state index in [-0.39, 0.29) is 29.7 Å². The largest absolute Gasteiger partial charge is 0.351 e. The normalized spacial score (nSPS) is 19.3. The van der Waals surface area contributed by atoms with E-state index in [0.29, 0.717) is 6.54 Å². The molecule has 1 atom stereocenters. The molecular weight excluding hydrogens is 252 g/mol. The molecule has 2 amide bonds. The first-order valence-corrected chi connectivity index (χ1v) is 6.95. The minimum atomic E-state index is -0.266. The molecule has 20 heavy (non-hydrogen) atoms. The predicted octanol–water partition coefficient (Wildman–Crippen LogP) is 2.26. The van der Waals surface area contributed by atoms with Gasteiger partial charge in [0.05, 0.1) is 5.92 Å². The highest BCUT2D eigenvalue weighted by molar-refractivity contribution is 6.00. The van der Waals surface area contributed by atoms with E-state index < -0.39 is 0 Å². The molecule has 4 nitrogen and oxygen atoms in total. The van der Waals surface area contributed by atoms with Crippen molar-refractivity contribution < 1.29 is 9.59 Å². The van der Waals surface area contributed by atoms with Crippen LogP contribution in [0.1, 0.15) is 32.8 Å². The lowest BCUT2D eigenvalue weighted by molar-refractivity contribution is -0.127. The highest BCUT2D eigenvalue weighted by Gasteiger charge is 2.36. The molecule has 1 aliphatic heterocycles. The Morgan fingerprint density at radius 3 is 2.40 bits per heavy atom. The van der Waals surface area contributed by atoms with E-state index in [0.717, 1.165) is 11.3 Å². The second-order valence-corrected chi connectivity index (χ2v) is 6.48. The summed E-state index contributed by atoms with van der Waals surface area (Å²) in [6, 6.07) is 7.81. The molecule has 0 radical (unpaired) electrons. The van der Waals surface area contributed by atoms with Crippen molar-refractivity contribution in [3.63, 3.8) is 0 Å². The van der Waals surface area contributed by atoms with Crippen molar-refractivity contribution in [1.82, 2.24) is 5.32 Å². The average molecular weight is 274 g/mol. The minimum Gasteiger partial charge on any atom is -0.351 e.